The molecule has 4 fully saturated rings. The lowest BCUT2D eigenvalue weighted by Crippen LogP contribution is -2.39. The fourth-order valence-corrected chi connectivity index (χ4v) is 11.6. The summed E-state index contributed by atoms with van der Waals surface area (Å²) < 4.78 is 55.6. The van der Waals surface area contributed by atoms with E-state index in [1.165, 1.54) is 24.3 Å². The number of fused-ring (bicyclic) bond motifs is 2. The van der Waals surface area contributed by atoms with Gasteiger partial charge in [0.2, 0.25) is 20.0 Å². The van der Waals surface area contributed by atoms with E-state index in [0.717, 1.165) is 113 Å². The van der Waals surface area contributed by atoms with E-state index in [1.54, 1.807) is 37.2 Å². The minimum Gasteiger partial charge on any atom is -0.396 e. The minimum atomic E-state index is -3.59. The number of aliphatic hydroxyl groups is 2. The lowest BCUT2D eigenvalue weighted by atomic mass is 9.98. The van der Waals surface area contributed by atoms with Gasteiger partial charge in [0.25, 0.3) is 11.8 Å². The molecule has 6 aromatic rings. The predicted molar refractivity (Wildman–Crippen MR) is 298 cm³/mol. The van der Waals surface area contributed by atoms with Crippen LogP contribution in [-0.2, 0) is 20.0 Å². The molecule has 20 nitrogen and oxygen atoms in total. The summed E-state index contributed by atoms with van der Waals surface area (Å²) in [5.41, 5.74) is 5.35. The number of hydrogen-bond donors (Lipinski definition) is 5. The van der Waals surface area contributed by atoms with E-state index in [-0.39, 0.29) is 66.4 Å². The second-order valence-corrected chi connectivity index (χ2v) is 24.4. The SMILES string of the molecule is C.Cc1cn2nc([C@@H]3CCCCN3C(=O)c3cc(Cl)ccc3NS(C)(=O)=O)cc2nc1Cl.Cc1cn2nc([C@@H]3CCCCN3C(=O)c3cc(Cl)ccc3NS(C)(=O)=O)cc2nc1N1CC[C@@H](CO)C1.OC[C@@H]1CCNC1. The summed E-state index contributed by atoms with van der Waals surface area (Å²) in [5.74, 6) is 1.08. The van der Waals surface area contributed by atoms with Gasteiger partial charge in [-0.1, -0.05) is 42.2 Å². The highest BCUT2D eigenvalue weighted by Gasteiger charge is 2.35. The maximum absolute atomic E-state index is 13.8. The fourth-order valence-electron chi connectivity index (χ4n) is 9.95. The highest BCUT2D eigenvalue weighted by Crippen LogP contribution is 2.37. The molecular formula is C51H67Cl3N12O8S2. The molecule has 2 amide bonds. The lowest BCUT2D eigenvalue weighted by Gasteiger charge is -2.35. The van der Waals surface area contributed by atoms with Gasteiger partial charge in [0.1, 0.15) is 11.0 Å². The third-order valence-electron chi connectivity index (χ3n) is 13.7. The van der Waals surface area contributed by atoms with Crippen molar-refractivity contribution in [2.45, 2.75) is 84.7 Å². The lowest BCUT2D eigenvalue weighted by molar-refractivity contribution is 0.0600. The summed E-state index contributed by atoms with van der Waals surface area (Å²) >= 11 is 18.5. The van der Waals surface area contributed by atoms with Crippen LogP contribution < -0.4 is 19.7 Å². The predicted octanol–water partition coefficient (Wildman–Crippen LogP) is 7.56. The number of sulfonamides is 2. The maximum Gasteiger partial charge on any atom is 0.256 e. The van der Waals surface area contributed by atoms with Crippen LogP contribution in [0.4, 0.5) is 17.2 Å². The van der Waals surface area contributed by atoms with E-state index in [4.69, 9.17) is 50.0 Å². The van der Waals surface area contributed by atoms with Gasteiger partial charge < -0.3 is 30.2 Å². The van der Waals surface area contributed by atoms with E-state index in [9.17, 15) is 31.5 Å². The van der Waals surface area contributed by atoms with Crippen molar-refractivity contribution >= 4 is 95.2 Å². The van der Waals surface area contributed by atoms with Gasteiger partial charge in [-0.05, 0) is 114 Å². The molecule has 412 valence electrons. The largest absolute Gasteiger partial charge is 0.396 e. The summed E-state index contributed by atoms with van der Waals surface area (Å²) in [7, 11) is -7.15. The van der Waals surface area contributed by atoms with Crippen molar-refractivity contribution in [2.24, 2.45) is 11.8 Å². The number of aromatic nitrogens is 6. The van der Waals surface area contributed by atoms with Crippen molar-refractivity contribution < 1.29 is 36.6 Å². The number of halogens is 3. The number of piperidine rings is 2. The molecule has 4 aliphatic heterocycles. The number of anilines is 3. The number of rotatable bonds is 11. The Kier molecular flexibility index (Phi) is 19.2. The van der Waals surface area contributed by atoms with Crippen LogP contribution in [0.1, 0.15) is 114 Å². The number of likely N-dealkylation sites (tertiary alicyclic amines) is 2. The molecule has 76 heavy (non-hydrogen) atoms. The Balaban J connectivity index is 0.000000196. The van der Waals surface area contributed by atoms with E-state index in [1.807, 2.05) is 32.2 Å². The van der Waals surface area contributed by atoms with Gasteiger partial charge in [-0.3, -0.25) is 19.0 Å². The van der Waals surface area contributed by atoms with Crippen molar-refractivity contribution in [2.75, 3.05) is 79.3 Å². The van der Waals surface area contributed by atoms with Crippen LogP contribution in [0.15, 0.2) is 60.9 Å². The number of benzene rings is 2. The van der Waals surface area contributed by atoms with Crippen LogP contribution in [-0.4, -0.2) is 143 Å². The summed E-state index contributed by atoms with van der Waals surface area (Å²) in [4.78, 5) is 42.2. The molecular weight excluding hydrogens is 1080 g/mol. The first-order valence-electron chi connectivity index (χ1n) is 24.9. The highest BCUT2D eigenvalue weighted by molar-refractivity contribution is 7.92. The van der Waals surface area contributed by atoms with Crippen LogP contribution in [0.3, 0.4) is 0 Å². The van der Waals surface area contributed by atoms with Crippen LogP contribution in [0, 0.1) is 25.7 Å². The third kappa shape index (κ3) is 14.2. The molecule has 4 atom stereocenters. The number of carbonyl (C=O) groups excluding carboxylic acids is 2. The Labute approximate surface area is 459 Å². The van der Waals surface area contributed by atoms with Gasteiger partial charge >= 0.3 is 0 Å². The normalized spacial score (nSPS) is 19.9. The van der Waals surface area contributed by atoms with Crippen molar-refractivity contribution in [3.63, 3.8) is 0 Å². The molecule has 0 radical (unpaired) electrons. The molecule has 0 unspecified atom stereocenters. The van der Waals surface area contributed by atoms with Crippen LogP contribution in [0.2, 0.25) is 15.2 Å². The smallest absolute Gasteiger partial charge is 0.256 e. The number of aryl methyl sites for hydroxylation is 2. The molecule has 8 heterocycles. The highest BCUT2D eigenvalue weighted by atomic mass is 35.5. The number of hydrogen-bond acceptors (Lipinski definition) is 14. The van der Waals surface area contributed by atoms with E-state index < -0.39 is 20.0 Å². The zero-order valence-electron chi connectivity index (χ0n) is 42.2. The fraction of sp³-hybridized carbons (Fsp3) is 0.490. The Hall–Kier alpha value is -5.33. The van der Waals surface area contributed by atoms with Crippen LogP contribution >= 0.6 is 34.8 Å². The molecule has 5 N–H and O–H groups in total. The van der Waals surface area contributed by atoms with E-state index in [0.29, 0.717) is 57.8 Å². The summed E-state index contributed by atoms with van der Waals surface area (Å²) in [5, 5.41) is 31.7. The summed E-state index contributed by atoms with van der Waals surface area (Å²) in [6.45, 7) is 9.15. The number of carbonyl (C=O) groups is 2. The average molecular weight is 1150 g/mol. The van der Waals surface area contributed by atoms with Gasteiger partial charge in [0.15, 0.2) is 11.3 Å². The van der Waals surface area contributed by atoms with Gasteiger partial charge in [-0.25, -0.2) is 35.8 Å². The maximum atomic E-state index is 13.8. The third-order valence-corrected chi connectivity index (χ3v) is 15.7. The number of nitrogens with one attached hydrogen (secondary N) is 3. The van der Waals surface area contributed by atoms with Crippen molar-refractivity contribution in [1.82, 2.24) is 44.3 Å². The first-order chi connectivity index (χ1) is 35.7. The second-order valence-electron chi connectivity index (χ2n) is 19.7. The molecule has 4 saturated heterocycles. The summed E-state index contributed by atoms with van der Waals surface area (Å²) in [6.07, 6.45) is 13.0. The Morgan fingerprint density at radius 1 is 0.671 bits per heavy atom. The van der Waals surface area contributed by atoms with Crippen LogP contribution in [0.5, 0.6) is 0 Å². The summed E-state index contributed by atoms with van der Waals surface area (Å²) in [6, 6.07) is 12.3. The standard InChI is InChI=1S/C25H31ClN6O4S.C20H21Cl2N5O3S.C5H11NO.CH4/c1-16-13-32-23(27-24(16)30-10-8-17(14-30)15-33)12-21(28-32)22-5-3-4-9-31(22)25(34)19-11-18(26)6-7-20(19)29-37(2,35)36;1-12-11-27-18(23-19(12)22)10-16(24-27)17-5-3-4-8-26(17)20(28)14-9-13(21)6-7-15(14)25-31(2,29)30;7-4-5-1-2-6-3-5;/h6-7,11-13,17,22,29,33H,3-5,8-10,14-15H2,1-2H3;6-7,9-11,17,25H,3-5,8H2,1-2H3;5-7H,1-4H2;1H4/t17-,22+;17-;5-;/m101./s1. The minimum absolute atomic E-state index is 0. The number of nitrogens with zero attached hydrogens (tertiary/aromatic N) is 9. The van der Waals surface area contributed by atoms with Gasteiger partial charge in [0, 0.05) is 97.6 Å². The first kappa shape index (κ1) is 58.4. The van der Waals surface area contributed by atoms with E-state index in [2.05, 4.69) is 29.7 Å². The zero-order chi connectivity index (χ0) is 53.8. The van der Waals surface area contributed by atoms with Gasteiger partial charge in [-0.15, -0.1) is 0 Å². The van der Waals surface area contributed by atoms with Gasteiger partial charge in [0.05, 0.1) is 58.5 Å². The van der Waals surface area contributed by atoms with Gasteiger partial charge in [-0.2, -0.15) is 10.2 Å². The molecule has 0 spiro atoms. The average Bonchev–Trinajstić information content (AvgIpc) is 4.22. The Bertz CT molecular complexity index is 3240. The number of amides is 2. The van der Waals surface area contributed by atoms with E-state index >= 15 is 0 Å². The quantitative estimate of drug-likeness (QED) is 0.0786. The molecule has 4 aliphatic rings. The molecule has 10 rings (SSSR count). The van der Waals surface area contributed by atoms with Crippen LogP contribution in [0.25, 0.3) is 11.3 Å². The first-order valence-corrected chi connectivity index (χ1v) is 29.8. The van der Waals surface area contributed by atoms with Crippen molar-refractivity contribution in [1.29, 1.82) is 0 Å². The molecule has 0 saturated carbocycles. The monoisotopic (exact) mass is 1140 g/mol. The topological polar surface area (TPSA) is 249 Å². The molecule has 25 heteroatoms. The molecule has 4 aromatic heterocycles. The number of aliphatic hydroxyl groups excluding tert-OH is 2. The zero-order valence-corrected chi connectivity index (χ0v) is 46.1. The van der Waals surface area contributed by atoms with Crippen molar-refractivity contribution in [3.8, 4) is 0 Å². The molecule has 0 bridgehead atoms. The molecule has 0 aliphatic carbocycles. The second kappa shape index (κ2) is 25.0. The Morgan fingerprint density at radius 3 is 1.62 bits per heavy atom. The Morgan fingerprint density at radius 2 is 1.17 bits per heavy atom. The molecule has 2 aromatic carbocycles. The van der Waals surface area contributed by atoms with Crippen molar-refractivity contribution in [3.05, 3.63) is 110 Å².